The molecule has 0 radical (unpaired) electrons. The molecule has 0 bridgehead atoms. The fraction of sp³-hybridized carbons (Fsp3) is 0.385. The first-order chi connectivity index (χ1) is 8.69. The lowest BCUT2D eigenvalue weighted by molar-refractivity contribution is -0.123. The first-order valence-corrected chi connectivity index (χ1v) is 6.00. The Kier molecular flexibility index (Phi) is 5.79. The van der Waals surface area contributed by atoms with E-state index >= 15 is 0 Å². The van der Waals surface area contributed by atoms with Crippen LogP contribution >= 0.6 is 12.4 Å². The topological polar surface area (TPSA) is 70.2 Å². The molecule has 1 aliphatic heterocycles. The second-order valence-corrected chi connectivity index (χ2v) is 4.43. The van der Waals surface area contributed by atoms with Crippen molar-refractivity contribution < 1.29 is 9.59 Å². The zero-order chi connectivity index (χ0) is 13.0. The van der Waals surface area contributed by atoms with Crippen LogP contribution in [-0.2, 0) is 16.1 Å². The number of hydrogen-bond acceptors (Lipinski definition) is 3. The van der Waals surface area contributed by atoms with Crippen LogP contribution in [0.15, 0.2) is 24.3 Å². The van der Waals surface area contributed by atoms with Crippen molar-refractivity contribution >= 4 is 29.9 Å². The SMILES string of the molecule is CNCc1cccc(NC(=O)C2CNC(=O)C2)c1.Cl. The maximum Gasteiger partial charge on any atom is 0.229 e. The molecule has 2 rings (SSSR count). The van der Waals surface area contributed by atoms with Crippen molar-refractivity contribution in [3.05, 3.63) is 29.8 Å². The maximum atomic E-state index is 11.9. The molecule has 2 amide bonds. The maximum absolute atomic E-state index is 11.9. The van der Waals surface area contributed by atoms with Crippen molar-refractivity contribution in [1.29, 1.82) is 0 Å². The third-order valence-corrected chi connectivity index (χ3v) is 2.92. The summed E-state index contributed by atoms with van der Waals surface area (Å²) < 4.78 is 0. The first-order valence-electron chi connectivity index (χ1n) is 6.00. The van der Waals surface area contributed by atoms with Gasteiger partial charge in [-0.3, -0.25) is 9.59 Å². The van der Waals surface area contributed by atoms with Crippen LogP contribution in [0, 0.1) is 5.92 Å². The van der Waals surface area contributed by atoms with Gasteiger partial charge in [0.1, 0.15) is 0 Å². The highest BCUT2D eigenvalue weighted by atomic mass is 35.5. The normalized spacial score (nSPS) is 17.5. The summed E-state index contributed by atoms with van der Waals surface area (Å²) in [6.07, 6.45) is 0.280. The number of nitrogens with one attached hydrogen (secondary N) is 3. The molecule has 3 N–H and O–H groups in total. The van der Waals surface area contributed by atoms with Gasteiger partial charge < -0.3 is 16.0 Å². The van der Waals surface area contributed by atoms with Gasteiger partial charge in [-0.2, -0.15) is 0 Å². The molecule has 1 aromatic carbocycles. The van der Waals surface area contributed by atoms with Gasteiger partial charge in [0.25, 0.3) is 0 Å². The summed E-state index contributed by atoms with van der Waals surface area (Å²) in [5.41, 5.74) is 1.88. The molecule has 1 aromatic rings. The highest BCUT2D eigenvalue weighted by Gasteiger charge is 2.27. The second-order valence-electron chi connectivity index (χ2n) is 4.43. The van der Waals surface area contributed by atoms with Gasteiger partial charge in [0.15, 0.2) is 0 Å². The van der Waals surface area contributed by atoms with Crippen molar-refractivity contribution in [2.24, 2.45) is 5.92 Å². The van der Waals surface area contributed by atoms with E-state index in [4.69, 9.17) is 0 Å². The Labute approximate surface area is 118 Å². The van der Waals surface area contributed by atoms with Gasteiger partial charge in [0.2, 0.25) is 11.8 Å². The fourth-order valence-corrected chi connectivity index (χ4v) is 2.00. The summed E-state index contributed by atoms with van der Waals surface area (Å²) in [7, 11) is 1.88. The van der Waals surface area contributed by atoms with Crippen LogP contribution < -0.4 is 16.0 Å². The molecule has 1 fully saturated rings. The minimum absolute atomic E-state index is 0. The predicted molar refractivity (Wildman–Crippen MR) is 76.2 cm³/mol. The number of halogens is 1. The summed E-state index contributed by atoms with van der Waals surface area (Å²) in [6.45, 7) is 1.19. The highest BCUT2D eigenvalue weighted by Crippen LogP contribution is 2.15. The standard InChI is InChI=1S/C13H17N3O2.ClH/c1-14-7-9-3-2-4-11(5-9)16-13(18)10-6-12(17)15-8-10;/h2-5,10,14H,6-8H2,1H3,(H,15,17)(H,16,18);1H. The van der Waals surface area contributed by atoms with Crippen LogP contribution in [0.25, 0.3) is 0 Å². The number of amides is 2. The van der Waals surface area contributed by atoms with Gasteiger partial charge in [0, 0.05) is 25.2 Å². The quantitative estimate of drug-likeness (QED) is 0.769. The van der Waals surface area contributed by atoms with E-state index in [-0.39, 0.29) is 36.6 Å². The molecule has 1 aliphatic rings. The first kappa shape index (κ1) is 15.5. The minimum Gasteiger partial charge on any atom is -0.355 e. The number of anilines is 1. The van der Waals surface area contributed by atoms with Gasteiger partial charge in [-0.15, -0.1) is 12.4 Å². The number of benzene rings is 1. The number of rotatable bonds is 4. The third kappa shape index (κ3) is 4.22. The summed E-state index contributed by atoms with van der Waals surface area (Å²) in [4.78, 5) is 23.0. The smallest absolute Gasteiger partial charge is 0.229 e. The van der Waals surface area contributed by atoms with Gasteiger partial charge in [-0.05, 0) is 24.7 Å². The molecule has 104 valence electrons. The van der Waals surface area contributed by atoms with E-state index in [0.29, 0.717) is 6.54 Å². The van der Waals surface area contributed by atoms with Crippen molar-refractivity contribution in [3.63, 3.8) is 0 Å². The van der Waals surface area contributed by atoms with Crippen molar-refractivity contribution in [1.82, 2.24) is 10.6 Å². The average Bonchev–Trinajstić information content (AvgIpc) is 2.77. The summed E-state index contributed by atoms with van der Waals surface area (Å²) in [5, 5.41) is 8.56. The lowest BCUT2D eigenvalue weighted by Crippen LogP contribution is -2.24. The van der Waals surface area contributed by atoms with E-state index in [0.717, 1.165) is 17.8 Å². The van der Waals surface area contributed by atoms with Crippen molar-refractivity contribution in [2.45, 2.75) is 13.0 Å². The van der Waals surface area contributed by atoms with Crippen LogP contribution in [0.4, 0.5) is 5.69 Å². The molecule has 6 heteroatoms. The Balaban J connectivity index is 0.00000180. The summed E-state index contributed by atoms with van der Waals surface area (Å²) in [5.74, 6) is -0.417. The second kappa shape index (κ2) is 7.11. The van der Waals surface area contributed by atoms with Crippen LogP contribution in [0.1, 0.15) is 12.0 Å². The molecule has 19 heavy (non-hydrogen) atoms. The fourth-order valence-electron chi connectivity index (χ4n) is 2.00. The van der Waals surface area contributed by atoms with E-state index in [1.54, 1.807) is 0 Å². The summed E-state index contributed by atoms with van der Waals surface area (Å²) in [6, 6.07) is 7.67. The number of carbonyl (C=O) groups excluding carboxylic acids is 2. The Morgan fingerprint density at radius 2 is 2.26 bits per heavy atom. The van der Waals surface area contributed by atoms with Crippen LogP contribution in [0.2, 0.25) is 0 Å². The molecular formula is C13H18ClN3O2. The minimum atomic E-state index is -0.259. The van der Waals surface area contributed by atoms with E-state index in [9.17, 15) is 9.59 Å². The van der Waals surface area contributed by atoms with Gasteiger partial charge in [-0.1, -0.05) is 12.1 Å². The van der Waals surface area contributed by atoms with Gasteiger partial charge in [-0.25, -0.2) is 0 Å². The molecule has 1 unspecified atom stereocenters. The Morgan fingerprint density at radius 3 is 2.89 bits per heavy atom. The molecule has 1 heterocycles. The lowest BCUT2D eigenvalue weighted by atomic mass is 10.1. The molecular weight excluding hydrogens is 266 g/mol. The molecule has 0 aromatic heterocycles. The van der Waals surface area contributed by atoms with Gasteiger partial charge in [0.05, 0.1) is 5.92 Å². The van der Waals surface area contributed by atoms with E-state index < -0.39 is 0 Å². The monoisotopic (exact) mass is 283 g/mol. The average molecular weight is 284 g/mol. The van der Waals surface area contributed by atoms with Crippen molar-refractivity contribution in [2.75, 3.05) is 18.9 Å². The van der Waals surface area contributed by atoms with Crippen LogP contribution in [-0.4, -0.2) is 25.4 Å². The summed E-state index contributed by atoms with van der Waals surface area (Å²) >= 11 is 0. The lowest BCUT2D eigenvalue weighted by Gasteiger charge is -2.10. The molecule has 1 saturated heterocycles. The highest BCUT2D eigenvalue weighted by molar-refractivity contribution is 5.97. The molecule has 1 atom stereocenters. The zero-order valence-corrected chi connectivity index (χ0v) is 11.5. The molecule has 5 nitrogen and oxygen atoms in total. The van der Waals surface area contributed by atoms with E-state index in [1.807, 2.05) is 31.3 Å². The van der Waals surface area contributed by atoms with E-state index in [2.05, 4.69) is 16.0 Å². The molecule has 0 spiro atoms. The predicted octanol–water partition coefficient (Wildman–Crippen LogP) is 0.902. The van der Waals surface area contributed by atoms with Crippen LogP contribution in [0.3, 0.4) is 0 Å². The zero-order valence-electron chi connectivity index (χ0n) is 10.7. The Bertz CT molecular complexity index is 465. The molecule has 0 aliphatic carbocycles. The third-order valence-electron chi connectivity index (χ3n) is 2.92. The Hall–Kier alpha value is -1.59. The molecule has 0 saturated carbocycles. The van der Waals surface area contributed by atoms with Crippen molar-refractivity contribution in [3.8, 4) is 0 Å². The Morgan fingerprint density at radius 1 is 1.47 bits per heavy atom. The van der Waals surface area contributed by atoms with Gasteiger partial charge >= 0.3 is 0 Å². The number of hydrogen-bond donors (Lipinski definition) is 3. The number of carbonyl (C=O) groups is 2. The largest absolute Gasteiger partial charge is 0.355 e. The van der Waals surface area contributed by atoms with Crippen LogP contribution in [0.5, 0.6) is 0 Å². The van der Waals surface area contributed by atoms with E-state index in [1.165, 1.54) is 0 Å².